The molecule has 0 radical (unpaired) electrons. The monoisotopic (exact) mass is 709 g/mol. The van der Waals surface area contributed by atoms with E-state index in [-0.39, 0.29) is 24.1 Å². The fraction of sp³-hybridized carbons (Fsp3) is 0.300. The number of aromatic nitrogens is 8. The van der Waals surface area contributed by atoms with Gasteiger partial charge < -0.3 is 14.5 Å². The number of carbonyl (C=O) groups excluding carboxylic acids is 1. The number of nitrogens with one attached hydrogen (secondary N) is 2. The van der Waals surface area contributed by atoms with Gasteiger partial charge in [-0.1, -0.05) is 31.1 Å². The lowest BCUT2D eigenvalue weighted by Crippen LogP contribution is -2.39. The standard InChI is InChI=1S/C40H39N9O4/c1-6-31-25(5)29(9-11-41-31)26-7-8-33-27(18-26)19-34(48(33)40(20-24(40)4)37-43-39(52)53-45-37)36(50)46-13-10-32-30(21-46)35(47-14-12-42-38(47)51)49(44-32)28-16-22(2)15-23(3)17-28/h7-9,11-12,14-19,24H,6,10,13,20-21H2,1-5H3,(H,42,51)(H,43,45,52)/t24-,40-/m0/s1. The Morgan fingerprint density at radius 1 is 1.06 bits per heavy atom. The number of pyridine rings is 1. The van der Waals surface area contributed by atoms with E-state index in [9.17, 15) is 9.59 Å². The predicted octanol–water partition coefficient (Wildman–Crippen LogP) is 5.51. The molecule has 1 aliphatic heterocycles. The molecular formula is C40H39N9O4. The van der Waals surface area contributed by atoms with Gasteiger partial charge in [-0.3, -0.25) is 23.9 Å². The van der Waals surface area contributed by atoms with Crippen molar-refractivity contribution in [2.24, 2.45) is 5.92 Å². The molecule has 5 aromatic heterocycles. The molecule has 13 nitrogen and oxygen atoms in total. The Morgan fingerprint density at radius 3 is 2.53 bits per heavy atom. The van der Waals surface area contributed by atoms with Crippen LogP contribution >= 0.6 is 0 Å². The first-order valence-corrected chi connectivity index (χ1v) is 18.0. The first-order valence-electron chi connectivity index (χ1n) is 18.0. The van der Waals surface area contributed by atoms with E-state index >= 15 is 4.79 Å². The highest BCUT2D eigenvalue weighted by molar-refractivity contribution is 6.00. The average Bonchev–Trinajstić information content (AvgIpc) is 3.65. The molecule has 0 bridgehead atoms. The van der Waals surface area contributed by atoms with Gasteiger partial charge in [-0.25, -0.2) is 14.3 Å². The molecule has 2 aliphatic rings. The van der Waals surface area contributed by atoms with Crippen molar-refractivity contribution in [1.82, 2.24) is 43.9 Å². The fourth-order valence-corrected chi connectivity index (χ4v) is 8.47. The number of hydrogen-bond donors (Lipinski definition) is 2. The molecule has 0 unspecified atom stereocenters. The quantitative estimate of drug-likeness (QED) is 0.221. The van der Waals surface area contributed by atoms with E-state index in [2.05, 4.69) is 69.7 Å². The second kappa shape index (κ2) is 11.9. The number of aromatic amines is 2. The maximum atomic E-state index is 15.0. The molecule has 2 N–H and O–H groups in total. The molecule has 53 heavy (non-hydrogen) atoms. The van der Waals surface area contributed by atoms with Crippen LogP contribution in [-0.2, 0) is 24.9 Å². The summed E-state index contributed by atoms with van der Waals surface area (Å²) in [5, 5.41) is 10.1. The van der Waals surface area contributed by atoms with Crippen LogP contribution in [0.15, 0.2) is 81.2 Å². The van der Waals surface area contributed by atoms with Gasteiger partial charge >= 0.3 is 11.4 Å². The van der Waals surface area contributed by atoms with Crippen LogP contribution in [-0.4, -0.2) is 56.4 Å². The summed E-state index contributed by atoms with van der Waals surface area (Å²) in [6.07, 6.45) is 7.14. The molecule has 268 valence electrons. The predicted molar refractivity (Wildman–Crippen MR) is 199 cm³/mol. The number of hydrogen-bond acceptors (Lipinski definition) is 7. The van der Waals surface area contributed by atoms with Crippen LogP contribution in [0, 0.1) is 26.7 Å². The van der Waals surface area contributed by atoms with Crippen LogP contribution < -0.4 is 11.4 Å². The third-order valence-electron chi connectivity index (χ3n) is 11.1. The van der Waals surface area contributed by atoms with Crippen LogP contribution in [0.5, 0.6) is 0 Å². The van der Waals surface area contributed by atoms with Crippen molar-refractivity contribution in [3.8, 4) is 22.6 Å². The minimum Gasteiger partial charge on any atom is -0.332 e. The molecule has 7 aromatic rings. The van der Waals surface area contributed by atoms with Crippen LogP contribution in [0.1, 0.15) is 70.2 Å². The van der Waals surface area contributed by atoms with Gasteiger partial charge in [-0.15, -0.1) is 0 Å². The van der Waals surface area contributed by atoms with Gasteiger partial charge in [0.15, 0.2) is 5.82 Å². The Morgan fingerprint density at radius 2 is 1.85 bits per heavy atom. The lowest BCUT2D eigenvalue weighted by molar-refractivity contribution is 0.0721. The lowest BCUT2D eigenvalue weighted by Gasteiger charge is -2.29. The van der Waals surface area contributed by atoms with Crippen molar-refractivity contribution in [2.45, 2.75) is 66.0 Å². The third-order valence-corrected chi connectivity index (χ3v) is 11.1. The van der Waals surface area contributed by atoms with E-state index in [1.807, 2.05) is 53.9 Å². The van der Waals surface area contributed by atoms with Gasteiger partial charge in [-0.2, -0.15) is 5.10 Å². The summed E-state index contributed by atoms with van der Waals surface area (Å²) >= 11 is 0. The van der Waals surface area contributed by atoms with Crippen molar-refractivity contribution >= 4 is 16.8 Å². The first kappa shape index (κ1) is 32.7. The number of H-pyrrole nitrogens is 2. The number of nitrogens with zero attached hydrogens (tertiary/aromatic N) is 7. The molecule has 9 rings (SSSR count). The van der Waals surface area contributed by atoms with Crippen molar-refractivity contribution < 1.29 is 9.32 Å². The first-order chi connectivity index (χ1) is 25.6. The molecule has 0 spiro atoms. The van der Waals surface area contributed by atoms with Crippen molar-refractivity contribution in [3.05, 3.63) is 133 Å². The molecule has 1 saturated carbocycles. The summed E-state index contributed by atoms with van der Waals surface area (Å²) in [6, 6.07) is 16.4. The molecule has 6 heterocycles. The van der Waals surface area contributed by atoms with Gasteiger partial charge in [0, 0.05) is 53.7 Å². The minimum absolute atomic E-state index is 0.0654. The van der Waals surface area contributed by atoms with E-state index in [1.54, 1.807) is 17.0 Å². The third kappa shape index (κ3) is 5.05. The topological polar surface area (TPSA) is 153 Å². The van der Waals surface area contributed by atoms with Gasteiger partial charge in [0.1, 0.15) is 17.1 Å². The number of rotatable bonds is 7. The normalized spacial score (nSPS) is 18.1. The Kier molecular flexibility index (Phi) is 7.33. The fourth-order valence-electron chi connectivity index (χ4n) is 8.47. The second-order valence-corrected chi connectivity index (χ2v) is 14.5. The Bertz CT molecular complexity index is 2700. The van der Waals surface area contributed by atoms with Gasteiger partial charge in [-0.05, 0) is 104 Å². The summed E-state index contributed by atoms with van der Waals surface area (Å²) in [5.74, 6) is 0.258. The molecule has 2 atom stereocenters. The summed E-state index contributed by atoms with van der Waals surface area (Å²) in [6.45, 7) is 11.0. The van der Waals surface area contributed by atoms with E-state index in [0.717, 1.165) is 67.8 Å². The van der Waals surface area contributed by atoms with E-state index in [1.165, 1.54) is 0 Å². The zero-order chi connectivity index (χ0) is 36.8. The summed E-state index contributed by atoms with van der Waals surface area (Å²) < 4.78 is 10.4. The van der Waals surface area contributed by atoms with E-state index < -0.39 is 11.3 Å². The number of carbonyl (C=O) groups is 1. The number of aryl methyl sites for hydroxylation is 3. The smallest absolute Gasteiger partial charge is 0.332 e. The SMILES string of the molecule is CCc1nccc(-c2ccc3c(c2)cc(C(=O)N2CCc4nn(-c5cc(C)cc(C)c5)c(-n5cc[nH]c5=O)c4C2)n3[C@@]2(c3noc(=O)[nH]3)C[C@@H]2C)c1C. The number of benzene rings is 2. The van der Waals surface area contributed by atoms with Crippen molar-refractivity contribution in [1.29, 1.82) is 0 Å². The van der Waals surface area contributed by atoms with E-state index in [4.69, 9.17) is 9.62 Å². The zero-order valence-electron chi connectivity index (χ0n) is 30.2. The van der Waals surface area contributed by atoms with E-state index in [0.29, 0.717) is 36.7 Å². The Hall–Kier alpha value is -6.24. The van der Waals surface area contributed by atoms with Crippen LogP contribution in [0.3, 0.4) is 0 Å². The molecule has 1 fully saturated rings. The average molecular weight is 710 g/mol. The highest BCUT2D eigenvalue weighted by atomic mass is 16.5. The van der Waals surface area contributed by atoms with Crippen LogP contribution in [0.2, 0.25) is 0 Å². The zero-order valence-corrected chi connectivity index (χ0v) is 30.2. The summed E-state index contributed by atoms with van der Waals surface area (Å²) in [4.78, 5) is 52.3. The van der Waals surface area contributed by atoms with Crippen LogP contribution in [0.25, 0.3) is 33.5 Å². The Labute approximate surface area is 303 Å². The maximum absolute atomic E-state index is 15.0. The van der Waals surface area contributed by atoms with Gasteiger partial charge in [0.05, 0.1) is 17.9 Å². The number of fused-ring (bicyclic) bond motifs is 2. The highest BCUT2D eigenvalue weighted by Crippen LogP contribution is 2.56. The number of amides is 1. The largest absolute Gasteiger partial charge is 0.438 e. The Balaban J connectivity index is 1.19. The molecule has 1 aliphatic carbocycles. The second-order valence-electron chi connectivity index (χ2n) is 14.5. The van der Waals surface area contributed by atoms with Gasteiger partial charge in [0.25, 0.3) is 5.91 Å². The van der Waals surface area contributed by atoms with Crippen molar-refractivity contribution in [3.63, 3.8) is 0 Å². The van der Waals surface area contributed by atoms with Crippen molar-refractivity contribution in [2.75, 3.05) is 6.54 Å². The minimum atomic E-state index is -0.777. The molecular weight excluding hydrogens is 670 g/mol. The van der Waals surface area contributed by atoms with Gasteiger partial charge in [0.2, 0.25) is 0 Å². The number of imidazole rings is 1. The molecule has 1 amide bonds. The summed E-state index contributed by atoms with van der Waals surface area (Å²) in [5.41, 5.74) is 9.21. The highest BCUT2D eigenvalue weighted by Gasteiger charge is 2.59. The molecule has 13 heteroatoms. The molecule has 0 saturated heterocycles. The lowest BCUT2D eigenvalue weighted by atomic mass is 9.98. The molecule has 2 aromatic carbocycles. The van der Waals surface area contributed by atoms with Crippen LogP contribution in [0.4, 0.5) is 0 Å². The summed E-state index contributed by atoms with van der Waals surface area (Å²) in [7, 11) is 0. The maximum Gasteiger partial charge on any atom is 0.438 e.